The maximum Gasteiger partial charge on any atom is 0.251 e. The second-order valence-electron chi connectivity index (χ2n) is 8.08. The zero-order chi connectivity index (χ0) is 24.2. The van der Waals surface area contributed by atoms with Crippen LogP contribution >= 0.6 is 23.4 Å². The summed E-state index contributed by atoms with van der Waals surface area (Å²) < 4.78 is 15.2. The minimum Gasteiger partial charge on any atom is -0.342 e. The van der Waals surface area contributed by atoms with Crippen molar-refractivity contribution in [2.45, 2.75) is 37.7 Å². The van der Waals surface area contributed by atoms with Crippen LogP contribution in [0.1, 0.15) is 45.8 Å². The van der Waals surface area contributed by atoms with Gasteiger partial charge in [0.2, 0.25) is 0 Å². The van der Waals surface area contributed by atoms with Crippen molar-refractivity contribution in [3.8, 4) is 5.69 Å². The normalized spacial score (nSPS) is 11.9. The first-order chi connectivity index (χ1) is 16.3. The van der Waals surface area contributed by atoms with Crippen LogP contribution in [0.2, 0.25) is 5.02 Å². The first-order valence-electron chi connectivity index (χ1n) is 10.8. The number of hydrogen-bond donors (Lipinski definition) is 1. The van der Waals surface area contributed by atoms with E-state index >= 15 is 0 Å². The Hall–Kier alpha value is -3.16. The number of nitrogens with zero attached hydrogens (tertiary/aromatic N) is 3. The molecule has 5 nitrogen and oxygen atoms in total. The Morgan fingerprint density at radius 3 is 2.47 bits per heavy atom. The number of amides is 1. The van der Waals surface area contributed by atoms with Crippen molar-refractivity contribution in [3.63, 3.8) is 0 Å². The first-order valence-corrected chi connectivity index (χ1v) is 12.1. The quantitative estimate of drug-likeness (QED) is 0.299. The highest BCUT2D eigenvalue weighted by Crippen LogP contribution is 2.30. The van der Waals surface area contributed by atoms with Gasteiger partial charge in [0.05, 0.1) is 11.7 Å². The molecule has 4 rings (SSSR count). The molecule has 4 aromatic rings. The SMILES string of the molecule is Cc1ccc(C(=O)NC(C)c2nnc(SCc3ccc(F)cc3)n2-c2cc(Cl)ccc2C)cc1. The zero-order valence-electron chi connectivity index (χ0n) is 19.0. The number of hydrogen-bond acceptors (Lipinski definition) is 4. The van der Waals surface area contributed by atoms with Crippen molar-refractivity contribution in [2.24, 2.45) is 0 Å². The molecule has 0 aliphatic rings. The molecule has 0 aliphatic carbocycles. The molecule has 34 heavy (non-hydrogen) atoms. The summed E-state index contributed by atoms with van der Waals surface area (Å²) in [6.07, 6.45) is 0. The maximum absolute atomic E-state index is 13.3. The average Bonchev–Trinajstić information content (AvgIpc) is 3.24. The van der Waals surface area contributed by atoms with E-state index in [9.17, 15) is 9.18 Å². The summed E-state index contributed by atoms with van der Waals surface area (Å²) in [7, 11) is 0. The van der Waals surface area contributed by atoms with Crippen LogP contribution in [0.25, 0.3) is 5.69 Å². The molecule has 0 bridgehead atoms. The van der Waals surface area contributed by atoms with Gasteiger partial charge in [-0.05, 0) is 68.3 Å². The van der Waals surface area contributed by atoms with Crippen molar-refractivity contribution in [1.29, 1.82) is 0 Å². The molecule has 0 fully saturated rings. The summed E-state index contributed by atoms with van der Waals surface area (Å²) in [5, 5.41) is 13.1. The maximum atomic E-state index is 13.3. The third-order valence-electron chi connectivity index (χ3n) is 5.40. The fraction of sp³-hybridized carbons (Fsp3) is 0.192. The Labute approximate surface area is 207 Å². The molecule has 0 spiro atoms. The summed E-state index contributed by atoms with van der Waals surface area (Å²) >= 11 is 7.80. The van der Waals surface area contributed by atoms with Gasteiger partial charge in [-0.15, -0.1) is 10.2 Å². The molecule has 3 aromatic carbocycles. The summed E-state index contributed by atoms with van der Waals surface area (Å²) in [6.45, 7) is 5.84. The predicted molar refractivity (Wildman–Crippen MR) is 134 cm³/mol. The van der Waals surface area contributed by atoms with Gasteiger partial charge in [-0.25, -0.2) is 4.39 Å². The van der Waals surface area contributed by atoms with Crippen LogP contribution in [0.5, 0.6) is 0 Å². The fourth-order valence-electron chi connectivity index (χ4n) is 3.48. The number of benzene rings is 3. The first kappa shape index (κ1) is 24.0. The number of aromatic nitrogens is 3. The van der Waals surface area contributed by atoms with E-state index in [1.165, 1.54) is 23.9 Å². The molecule has 1 N–H and O–H groups in total. The van der Waals surface area contributed by atoms with E-state index in [4.69, 9.17) is 11.6 Å². The minimum atomic E-state index is -0.417. The Balaban J connectivity index is 1.65. The van der Waals surface area contributed by atoms with Gasteiger partial charge < -0.3 is 5.32 Å². The summed E-state index contributed by atoms with van der Waals surface area (Å²) in [5.41, 5.74) is 4.46. The van der Waals surface area contributed by atoms with E-state index in [1.54, 1.807) is 24.3 Å². The highest BCUT2D eigenvalue weighted by Gasteiger charge is 2.22. The second kappa shape index (κ2) is 10.4. The van der Waals surface area contributed by atoms with E-state index in [-0.39, 0.29) is 11.7 Å². The van der Waals surface area contributed by atoms with Gasteiger partial charge in [0, 0.05) is 16.3 Å². The molecule has 0 aliphatic heterocycles. The standard InChI is InChI=1S/C26H24ClFN4OS/c1-16-4-9-20(10-5-16)25(33)29-18(3)24-30-31-26(34-15-19-7-12-22(28)13-8-19)32(24)23-14-21(27)11-6-17(23)2/h4-14,18H,15H2,1-3H3,(H,29,33). The van der Waals surface area contributed by atoms with E-state index < -0.39 is 6.04 Å². The molecule has 8 heteroatoms. The van der Waals surface area contributed by atoms with Gasteiger partial charge in [-0.1, -0.05) is 59.3 Å². The third kappa shape index (κ3) is 5.48. The lowest BCUT2D eigenvalue weighted by atomic mass is 10.1. The highest BCUT2D eigenvalue weighted by molar-refractivity contribution is 7.98. The Kier molecular flexibility index (Phi) is 7.34. The van der Waals surface area contributed by atoms with Gasteiger partial charge in [-0.3, -0.25) is 9.36 Å². The van der Waals surface area contributed by atoms with Crippen LogP contribution in [0, 0.1) is 19.7 Å². The van der Waals surface area contributed by atoms with Gasteiger partial charge in [-0.2, -0.15) is 0 Å². The van der Waals surface area contributed by atoms with E-state index in [2.05, 4.69) is 15.5 Å². The van der Waals surface area contributed by atoms with Crippen LogP contribution in [-0.2, 0) is 5.75 Å². The smallest absolute Gasteiger partial charge is 0.251 e. The molecular formula is C26H24ClFN4OS. The third-order valence-corrected chi connectivity index (χ3v) is 6.64. The number of aryl methyl sites for hydroxylation is 2. The van der Waals surface area contributed by atoms with Crippen LogP contribution in [0.4, 0.5) is 4.39 Å². The van der Waals surface area contributed by atoms with Crippen molar-refractivity contribution in [3.05, 3.63) is 106 Å². The molecular weight excluding hydrogens is 471 g/mol. The Morgan fingerprint density at radius 1 is 1.06 bits per heavy atom. The number of nitrogens with one attached hydrogen (secondary N) is 1. The van der Waals surface area contributed by atoms with Crippen LogP contribution in [0.15, 0.2) is 71.9 Å². The Morgan fingerprint density at radius 2 is 1.76 bits per heavy atom. The van der Waals surface area contributed by atoms with Crippen LogP contribution in [0.3, 0.4) is 0 Å². The number of rotatable bonds is 7. The topological polar surface area (TPSA) is 59.8 Å². The molecule has 1 amide bonds. The highest BCUT2D eigenvalue weighted by atomic mass is 35.5. The molecule has 0 saturated heterocycles. The van der Waals surface area contributed by atoms with E-state index in [1.807, 2.05) is 55.7 Å². The van der Waals surface area contributed by atoms with E-state index in [0.29, 0.717) is 27.3 Å². The molecule has 1 atom stereocenters. The number of halogens is 2. The van der Waals surface area contributed by atoms with Gasteiger partial charge in [0.15, 0.2) is 11.0 Å². The van der Waals surface area contributed by atoms with Crippen molar-refractivity contribution >= 4 is 29.3 Å². The van der Waals surface area contributed by atoms with Gasteiger partial charge in [0.1, 0.15) is 5.82 Å². The minimum absolute atomic E-state index is 0.189. The van der Waals surface area contributed by atoms with E-state index in [0.717, 1.165) is 22.4 Å². The molecule has 174 valence electrons. The second-order valence-corrected chi connectivity index (χ2v) is 9.46. The van der Waals surface area contributed by atoms with Crippen LogP contribution in [-0.4, -0.2) is 20.7 Å². The number of carbonyl (C=O) groups excluding carboxylic acids is 1. The molecule has 1 aromatic heterocycles. The summed E-state index contributed by atoms with van der Waals surface area (Å²) in [4.78, 5) is 12.8. The summed E-state index contributed by atoms with van der Waals surface area (Å²) in [6, 6.07) is 19.0. The van der Waals surface area contributed by atoms with Gasteiger partial charge >= 0.3 is 0 Å². The lowest BCUT2D eigenvalue weighted by molar-refractivity contribution is 0.0938. The Bertz CT molecular complexity index is 1310. The predicted octanol–water partition coefficient (Wildman–Crippen LogP) is 6.46. The summed E-state index contributed by atoms with van der Waals surface area (Å²) in [5.74, 6) is 0.715. The number of thioether (sulfide) groups is 1. The monoisotopic (exact) mass is 494 g/mol. The number of carbonyl (C=O) groups is 1. The molecule has 0 radical (unpaired) electrons. The average molecular weight is 495 g/mol. The van der Waals surface area contributed by atoms with Gasteiger partial charge in [0.25, 0.3) is 5.91 Å². The molecule has 0 saturated carbocycles. The zero-order valence-corrected chi connectivity index (χ0v) is 20.6. The molecule has 1 unspecified atom stereocenters. The van der Waals surface area contributed by atoms with Crippen molar-refractivity contribution in [2.75, 3.05) is 0 Å². The fourth-order valence-corrected chi connectivity index (χ4v) is 4.56. The van der Waals surface area contributed by atoms with Crippen molar-refractivity contribution in [1.82, 2.24) is 20.1 Å². The molecule has 1 heterocycles. The lowest BCUT2D eigenvalue weighted by Gasteiger charge is -2.18. The van der Waals surface area contributed by atoms with Crippen molar-refractivity contribution < 1.29 is 9.18 Å². The lowest BCUT2D eigenvalue weighted by Crippen LogP contribution is -2.28. The largest absolute Gasteiger partial charge is 0.342 e. The van der Waals surface area contributed by atoms with Crippen LogP contribution < -0.4 is 5.32 Å².